The van der Waals surface area contributed by atoms with Crippen molar-refractivity contribution >= 4 is 5.69 Å². The number of nitrogen functional groups attached to an aromatic ring is 1. The van der Waals surface area contributed by atoms with Gasteiger partial charge in [0.2, 0.25) is 0 Å². The molecule has 4 heteroatoms. The van der Waals surface area contributed by atoms with Crippen molar-refractivity contribution in [3.05, 3.63) is 29.6 Å². The Morgan fingerprint density at radius 1 is 1.33 bits per heavy atom. The summed E-state index contributed by atoms with van der Waals surface area (Å²) in [6, 6.07) is 5.27. The number of benzene rings is 1. The Morgan fingerprint density at radius 2 is 2.17 bits per heavy atom. The smallest absolute Gasteiger partial charge is 0.150 e. The summed E-state index contributed by atoms with van der Waals surface area (Å²) in [5.74, 6) is -0.321. The van der Waals surface area contributed by atoms with Crippen LogP contribution in [0.5, 0.6) is 0 Å². The molecule has 0 radical (unpaired) electrons. The minimum atomic E-state index is -0.321. The molecule has 1 aromatic rings. The monoisotopic (exact) mass is 252 g/mol. The average molecular weight is 252 g/mol. The normalized spacial score (nSPS) is 21.8. The van der Waals surface area contributed by atoms with Gasteiger partial charge in [-0.15, -0.1) is 0 Å². The van der Waals surface area contributed by atoms with Crippen LogP contribution < -0.4 is 5.73 Å². The number of aliphatic hydroxyl groups excluding tert-OH is 1. The van der Waals surface area contributed by atoms with Gasteiger partial charge in [-0.05, 0) is 25.5 Å². The van der Waals surface area contributed by atoms with Crippen molar-refractivity contribution in [2.45, 2.75) is 38.3 Å². The molecule has 0 aliphatic carbocycles. The third kappa shape index (κ3) is 3.00. The van der Waals surface area contributed by atoms with Crippen LogP contribution in [0.4, 0.5) is 10.1 Å². The quantitative estimate of drug-likeness (QED) is 0.810. The molecule has 3 N–H and O–H groups in total. The van der Waals surface area contributed by atoms with E-state index in [0.717, 1.165) is 25.8 Å². The van der Waals surface area contributed by atoms with Gasteiger partial charge in [-0.25, -0.2) is 4.39 Å². The highest BCUT2D eigenvalue weighted by atomic mass is 19.1. The summed E-state index contributed by atoms with van der Waals surface area (Å²) in [7, 11) is 0. The Kier molecular flexibility index (Phi) is 4.55. The third-order valence-corrected chi connectivity index (χ3v) is 3.69. The first kappa shape index (κ1) is 13.3. The lowest BCUT2D eigenvalue weighted by molar-refractivity contribution is 0.117. The molecule has 0 amide bonds. The summed E-state index contributed by atoms with van der Waals surface area (Å²) in [6.07, 6.45) is 4.43. The highest BCUT2D eigenvalue weighted by Crippen LogP contribution is 2.22. The summed E-state index contributed by atoms with van der Waals surface area (Å²) in [5.41, 5.74) is 6.40. The Hall–Kier alpha value is -1.13. The molecule has 0 bridgehead atoms. The summed E-state index contributed by atoms with van der Waals surface area (Å²) in [4.78, 5) is 2.17. The molecule has 0 spiro atoms. The summed E-state index contributed by atoms with van der Waals surface area (Å²) in [6.45, 7) is 1.59. The van der Waals surface area contributed by atoms with Crippen LogP contribution in [0, 0.1) is 5.82 Å². The molecular formula is C14H21FN2O. The molecule has 0 saturated carbocycles. The Labute approximate surface area is 107 Å². The largest absolute Gasteiger partial charge is 0.396 e. The first-order chi connectivity index (χ1) is 8.72. The lowest BCUT2D eigenvalue weighted by atomic mass is 10.1. The fourth-order valence-corrected chi connectivity index (χ4v) is 2.59. The predicted octanol–water partition coefficient (Wildman–Crippen LogP) is 2.14. The van der Waals surface area contributed by atoms with Gasteiger partial charge >= 0.3 is 0 Å². The SMILES string of the molecule is Nc1cccc(CN2CCCCCC2CO)c1F. The standard InChI is InChI=1S/C14H21FN2O/c15-14-11(5-4-7-13(14)16)9-17-8-3-1-2-6-12(17)10-18/h4-5,7,12,18H,1-3,6,8-10,16H2. The maximum Gasteiger partial charge on any atom is 0.150 e. The molecular weight excluding hydrogens is 231 g/mol. The van der Waals surface area contributed by atoms with E-state index in [1.807, 2.05) is 0 Å². The summed E-state index contributed by atoms with van der Waals surface area (Å²) < 4.78 is 13.9. The van der Waals surface area contributed by atoms with Crippen molar-refractivity contribution in [2.75, 3.05) is 18.9 Å². The van der Waals surface area contributed by atoms with Crippen LogP contribution >= 0.6 is 0 Å². The van der Waals surface area contributed by atoms with Crippen LogP contribution in [0.3, 0.4) is 0 Å². The zero-order chi connectivity index (χ0) is 13.0. The number of hydrogen-bond acceptors (Lipinski definition) is 3. The van der Waals surface area contributed by atoms with Crippen molar-refractivity contribution in [1.82, 2.24) is 4.90 Å². The van der Waals surface area contributed by atoms with E-state index >= 15 is 0 Å². The third-order valence-electron chi connectivity index (χ3n) is 3.69. The number of halogens is 1. The zero-order valence-corrected chi connectivity index (χ0v) is 10.6. The lowest BCUT2D eigenvalue weighted by Gasteiger charge is -2.28. The predicted molar refractivity (Wildman–Crippen MR) is 70.6 cm³/mol. The van der Waals surface area contributed by atoms with Crippen molar-refractivity contribution < 1.29 is 9.50 Å². The average Bonchev–Trinajstić information content (AvgIpc) is 2.60. The maximum absolute atomic E-state index is 13.9. The Bertz CT molecular complexity index is 397. The van der Waals surface area contributed by atoms with E-state index in [1.54, 1.807) is 18.2 Å². The highest BCUT2D eigenvalue weighted by molar-refractivity contribution is 5.42. The maximum atomic E-state index is 13.9. The number of aliphatic hydroxyl groups is 1. The number of hydrogen-bond donors (Lipinski definition) is 2. The molecule has 1 unspecified atom stereocenters. The molecule has 1 aliphatic heterocycles. The van der Waals surface area contributed by atoms with Gasteiger partial charge in [-0.3, -0.25) is 4.90 Å². The molecule has 18 heavy (non-hydrogen) atoms. The fourth-order valence-electron chi connectivity index (χ4n) is 2.59. The summed E-state index contributed by atoms with van der Waals surface area (Å²) >= 11 is 0. The van der Waals surface area contributed by atoms with Crippen molar-refractivity contribution in [3.8, 4) is 0 Å². The van der Waals surface area contributed by atoms with Gasteiger partial charge < -0.3 is 10.8 Å². The summed E-state index contributed by atoms with van der Waals surface area (Å²) in [5, 5.41) is 9.43. The van der Waals surface area contributed by atoms with Gasteiger partial charge in [-0.2, -0.15) is 0 Å². The second-order valence-corrected chi connectivity index (χ2v) is 4.98. The van der Waals surface area contributed by atoms with Crippen molar-refractivity contribution in [1.29, 1.82) is 0 Å². The number of rotatable bonds is 3. The first-order valence-corrected chi connectivity index (χ1v) is 6.60. The molecule has 100 valence electrons. The minimum absolute atomic E-state index is 0.143. The molecule has 1 saturated heterocycles. The molecule has 2 rings (SSSR count). The van der Waals surface area contributed by atoms with E-state index in [-0.39, 0.29) is 24.2 Å². The van der Waals surface area contributed by atoms with Gasteiger partial charge in [0, 0.05) is 18.2 Å². The molecule has 1 aliphatic rings. The van der Waals surface area contributed by atoms with Crippen LogP contribution in [0.25, 0.3) is 0 Å². The van der Waals surface area contributed by atoms with E-state index in [4.69, 9.17) is 5.73 Å². The van der Waals surface area contributed by atoms with E-state index in [1.165, 1.54) is 6.42 Å². The molecule has 1 heterocycles. The number of nitrogens with two attached hydrogens (primary N) is 1. The van der Waals surface area contributed by atoms with E-state index in [9.17, 15) is 9.50 Å². The lowest BCUT2D eigenvalue weighted by Crippen LogP contribution is -2.37. The van der Waals surface area contributed by atoms with E-state index in [2.05, 4.69) is 4.90 Å². The van der Waals surface area contributed by atoms with E-state index in [0.29, 0.717) is 12.1 Å². The van der Waals surface area contributed by atoms with Gasteiger partial charge in [0.15, 0.2) is 5.82 Å². The minimum Gasteiger partial charge on any atom is -0.396 e. The van der Waals surface area contributed by atoms with Gasteiger partial charge in [0.25, 0.3) is 0 Å². The van der Waals surface area contributed by atoms with E-state index < -0.39 is 0 Å². The Balaban J connectivity index is 2.12. The fraction of sp³-hybridized carbons (Fsp3) is 0.571. The van der Waals surface area contributed by atoms with Crippen LogP contribution in [0.1, 0.15) is 31.2 Å². The van der Waals surface area contributed by atoms with Crippen LogP contribution in [0.2, 0.25) is 0 Å². The Morgan fingerprint density at radius 3 is 2.94 bits per heavy atom. The van der Waals surface area contributed by atoms with Crippen LogP contribution in [0.15, 0.2) is 18.2 Å². The molecule has 0 aromatic heterocycles. The second kappa shape index (κ2) is 6.16. The highest BCUT2D eigenvalue weighted by Gasteiger charge is 2.21. The molecule has 3 nitrogen and oxygen atoms in total. The molecule has 1 atom stereocenters. The number of anilines is 1. The first-order valence-electron chi connectivity index (χ1n) is 6.60. The number of likely N-dealkylation sites (tertiary alicyclic amines) is 1. The van der Waals surface area contributed by atoms with Gasteiger partial charge in [0.1, 0.15) is 0 Å². The number of nitrogens with zero attached hydrogens (tertiary/aromatic N) is 1. The zero-order valence-electron chi connectivity index (χ0n) is 10.6. The van der Waals surface area contributed by atoms with Gasteiger partial charge in [-0.1, -0.05) is 25.0 Å². The second-order valence-electron chi connectivity index (χ2n) is 4.98. The van der Waals surface area contributed by atoms with Crippen molar-refractivity contribution in [3.63, 3.8) is 0 Å². The van der Waals surface area contributed by atoms with Crippen LogP contribution in [-0.2, 0) is 6.54 Å². The van der Waals surface area contributed by atoms with Gasteiger partial charge in [0.05, 0.1) is 12.3 Å². The molecule has 1 aromatic carbocycles. The molecule has 1 fully saturated rings. The topological polar surface area (TPSA) is 49.5 Å². The van der Waals surface area contributed by atoms with Crippen molar-refractivity contribution in [2.24, 2.45) is 0 Å². The van der Waals surface area contributed by atoms with Crippen LogP contribution in [-0.4, -0.2) is 29.2 Å².